The maximum Gasteiger partial charge on any atom is 0.250 e. The van der Waals surface area contributed by atoms with Crippen LogP contribution in [-0.2, 0) is 9.59 Å². The summed E-state index contributed by atoms with van der Waals surface area (Å²) in [6, 6.07) is 7.06. The van der Waals surface area contributed by atoms with Crippen LogP contribution in [0.2, 0.25) is 0 Å². The molecule has 2 amide bonds. The first kappa shape index (κ1) is 10.7. The first-order valence-corrected chi connectivity index (χ1v) is 5.19. The third-order valence-corrected chi connectivity index (χ3v) is 2.81. The Balaban J connectivity index is 2.36. The number of nitrogens with one attached hydrogen (secondary N) is 1. The minimum atomic E-state index is -0.535. The minimum absolute atomic E-state index is 0.0612. The number of hydrogen-bond acceptors (Lipinski definition) is 2. The van der Waals surface area contributed by atoms with Crippen LogP contribution >= 0.6 is 0 Å². The highest BCUT2D eigenvalue weighted by molar-refractivity contribution is 5.95. The number of aryl methyl sites for hydroxylation is 1. The molecule has 1 saturated heterocycles. The molecule has 2 rings (SSSR count). The quantitative estimate of drug-likeness (QED) is 0.751. The summed E-state index contributed by atoms with van der Waals surface area (Å²) in [7, 11) is 1.65. The van der Waals surface area contributed by atoms with Crippen molar-refractivity contribution < 1.29 is 9.59 Å². The largest absolute Gasteiger partial charge is 0.339 e. The van der Waals surface area contributed by atoms with Crippen molar-refractivity contribution in [3.05, 3.63) is 35.4 Å². The fourth-order valence-corrected chi connectivity index (χ4v) is 1.90. The molecule has 1 N–H and O–H groups in total. The molecule has 1 aliphatic heterocycles. The molecule has 0 aliphatic carbocycles. The van der Waals surface area contributed by atoms with E-state index in [9.17, 15) is 9.59 Å². The van der Waals surface area contributed by atoms with Crippen molar-refractivity contribution in [2.24, 2.45) is 0 Å². The molecule has 4 heteroatoms. The fraction of sp³-hybridized carbons (Fsp3) is 0.333. The van der Waals surface area contributed by atoms with Crippen LogP contribution in [0.5, 0.6) is 0 Å². The summed E-state index contributed by atoms with van der Waals surface area (Å²) < 4.78 is 0. The van der Waals surface area contributed by atoms with Crippen molar-refractivity contribution in [2.75, 3.05) is 13.6 Å². The van der Waals surface area contributed by atoms with Gasteiger partial charge in [0, 0.05) is 7.05 Å². The molecule has 4 nitrogen and oxygen atoms in total. The van der Waals surface area contributed by atoms with Crippen molar-refractivity contribution in [3.8, 4) is 0 Å². The van der Waals surface area contributed by atoms with Crippen LogP contribution in [0.15, 0.2) is 24.3 Å². The van der Waals surface area contributed by atoms with Gasteiger partial charge in [0.1, 0.15) is 6.04 Å². The van der Waals surface area contributed by atoms with Gasteiger partial charge in [0.25, 0.3) is 0 Å². The number of carbonyl (C=O) groups is 2. The van der Waals surface area contributed by atoms with Crippen LogP contribution in [-0.4, -0.2) is 30.3 Å². The summed E-state index contributed by atoms with van der Waals surface area (Å²) in [5.41, 5.74) is 1.88. The maximum atomic E-state index is 11.9. The van der Waals surface area contributed by atoms with Gasteiger partial charge in [0.15, 0.2) is 0 Å². The number of carbonyl (C=O) groups excluding carboxylic acids is 2. The van der Waals surface area contributed by atoms with E-state index in [2.05, 4.69) is 5.32 Å². The molecule has 0 saturated carbocycles. The second kappa shape index (κ2) is 3.96. The first-order valence-electron chi connectivity index (χ1n) is 5.19. The van der Waals surface area contributed by atoms with Crippen molar-refractivity contribution in [3.63, 3.8) is 0 Å². The van der Waals surface area contributed by atoms with Gasteiger partial charge >= 0.3 is 0 Å². The van der Waals surface area contributed by atoms with E-state index in [1.807, 2.05) is 31.2 Å². The van der Waals surface area contributed by atoms with E-state index in [1.54, 1.807) is 7.05 Å². The average molecular weight is 218 g/mol. The second-order valence-electron chi connectivity index (χ2n) is 4.05. The lowest BCUT2D eigenvalue weighted by atomic mass is 9.99. The smallest absolute Gasteiger partial charge is 0.250 e. The van der Waals surface area contributed by atoms with E-state index in [-0.39, 0.29) is 18.4 Å². The highest BCUT2D eigenvalue weighted by atomic mass is 16.2. The van der Waals surface area contributed by atoms with Gasteiger partial charge < -0.3 is 10.2 Å². The zero-order valence-electron chi connectivity index (χ0n) is 9.36. The van der Waals surface area contributed by atoms with Crippen LogP contribution < -0.4 is 5.32 Å². The van der Waals surface area contributed by atoms with E-state index >= 15 is 0 Å². The van der Waals surface area contributed by atoms with Crippen LogP contribution in [0.4, 0.5) is 0 Å². The Morgan fingerprint density at radius 2 is 2.00 bits per heavy atom. The number of amides is 2. The fourth-order valence-electron chi connectivity index (χ4n) is 1.90. The van der Waals surface area contributed by atoms with E-state index in [0.717, 1.165) is 11.1 Å². The third kappa shape index (κ3) is 1.78. The number of piperazine rings is 1. The van der Waals surface area contributed by atoms with E-state index < -0.39 is 6.04 Å². The summed E-state index contributed by atoms with van der Waals surface area (Å²) in [5.74, 6) is -0.177. The molecule has 0 bridgehead atoms. The highest BCUT2D eigenvalue weighted by Gasteiger charge is 2.32. The summed E-state index contributed by atoms with van der Waals surface area (Å²) in [6.07, 6.45) is 0. The molecule has 1 aromatic carbocycles. The van der Waals surface area contributed by atoms with Crippen molar-refractivity contribution >= 4 is 11.8 Å². The Morgan fingerprint density at radius 3 is 2.69 bits per heavy atom. The summed E-state index contributed by atoms with van der Waals surface area (Å²) >= 11 is 0. The highest BCUT2D eigenvalue weighted by Crippen LogP contribution is 2.21. The molecular weight excluding hydrogens is 204 g/mol. The molecule has 84 valence electrons. The monoisotopic (exact) mass is 218 g/mol. The zero-order chi connectivity index (χ0) is 11.7. The van der Waals surface area contributed by atoms with Gasteiger partial charge in [0.2, 0.25) is 11.8 Å². The van der Waals surface area contributed by atoms with Gasteiger partial charge in [0.05, 0.1) is 6.54 Å². The van der Waals surface area contributed by atoms with Crippen molar-refractivity contribution in [1.29, 1.82) is 0 Å². The third-order valence-electron chi connectivity index (χ3n) is 2.81. The lowest BCUT2D eigenvalue weighted by molar-refractivity contribution is -0.143. The Kier molecular flexibility index (Phi) is 2.64. The number of nitrogens with zero attached hydrogens (tertiary/aromatic N) is 1. The molecular formula is C12H14N2O2. The van der Waals surface area contributed by atoms with Gasteiger partial charge in [-0.25, -0.2) is 0 Å². The summed E-state index contributed by atoms with van der Waals surface area (Å²) in [5, 5.41) is 2.72. The Hall–Kier alpha value is -1.84. The van der Waals surface area contributed by atoms with Crippen LogP contribution in [0.3, 0.4) is 0 Å². The number of hydrogen-bond donors (Lipinski definition) is 1. The zero-order valence-corrected chi connectivity index (χ0v) is 9.36. The van der Waals surface area contributed by atoms with E-state index in [4.69, 9.17) is 0 Å². The second-order valence-corrected chi connectivity index (χ2v) is 4.05. The number of rotatable bonds is 1. The lowest BCUT2D eigenvalue weighted by Crippen LogP contribution is -2.51. The van der Waals surface area contributed by atoms with Gasteiger partial charge in [-0.2, -0.15) is 0 Å². The molecule has 16 heavy (non-hydrogen) atoms. The average Bonchev–Trinajstić information content (AvgIpc) is 2.24. The molecule has 1 aliphatic rings. The molecule has 0 aromatic heterocycles. The van der Waals surface area contributed by atoms with E-state index in [0.29, 0.717) is 0 Å². The molecule has 0 spiro atoms. The van der Waals surface area contributed by atoms with Gasteiger partial charge in [-0.15, -0.1) is 0 Å². The maximum absolute atomic E-state index is 11.9. The van der Waals surface area contributed by atoms with Crippen molar-refractivity contribution in [2.45, 2.75) is 13.0 Å². The summed E-state index contributed by atoms with van der Waals surface area (Å²) in [4.78, 5) is 24.8. The number of benzene rings is 1. The normalized spacial score (nSPS) is 20.9. The molecule has 0 radical (unpaired) electrons. The van der Waals surface area contributed by atoms with E-state index in [1.165, 1.54) is 4.90 Å². The predicted octanol–water partition coefficient (Wildman–Crippen LogP) is 0.624. The Bertz CT molecular complexity index is 442. The lowest BCUT2D eigenvalue weighted by Gasteiger charge is -2.30. The SMILES string of the molecule is Cc1ccccc1[C@@H]1NC(=O)CN(C)C1=O. The van der Waals surface area contributed by atoms with Crippen LogP contribution in [0, 0.1) is 6.92 Å². The standard InChI is InChI=1S/C12H14N2O2/c1-8-5-3-4-6-9(8)11-12(16)14(2)7-10(15)13-11/h3-6,11H,7H2,1-2H3,(H,13,15)/t11-/m0/s1. The summed E-state index contributed by atoms with van der Waals surface area (Å²) in [6.45, 7) is 2.07. The van der Waals surface area contributed by atoms with Gasteiger partial charge in [-0.3, -0.25) is 9.59 Å². The topological polar surface area (TPSA) is 49.4 Å². The van der Waals surface area contributed by atoms with Gasteiger partial charge in [-0.1, -0.05) is 24.3 Å². The predicted molar refractivity (Wildman–Crippen MR) is 59.7 cm³/mol. The number of likely N-dealkylation sites (N-methyl/N-ethyl adjacent to an activating group) is 1. The molecule has 1 aromatic rings. The van der Waals surface area contributed by atoms with Crippen LogP contribution in [0.1, 0.15) is 17.2 Å². The molecule has 0 unspecified atom stereocenters. The molecule has 1 atom stereocenters. The van der Waals surface area contributed by atoms with Crippen LogP contribution in [0.25, 0.3) is 0 Å². The van der Waals surface area contributed by atoms with Crippen molar-refractivity contribution in [1.82, 2.24) is 10.2 Å². The minimum Gasteiger partial charge on any atom is -0.339 e. The Morgan fingerprint density at radius 1 is 1.31 bits per heavy atom. The molecule has 1 heterocycles. The first-order chi connectivity index (χ1) is 7.59. The molecule has 1 fully saturated rings. The Labute approximate surface area is 94.2 Å². The van der Waals surface area contributed by atoms with Gasteiger partial charge in [-0.05, 0) is 18.1 Å².